The molecule has 0 spiro atoms. The average molecular weight is 402 g/mol. The Kier molecular flexibility index (Phi) is 4.99. The van der Waals surface area contributed by atoms with E-state index in [2.05, 4.69) is 41.8 Å². The maximum atomic E-state index is 5.80. The molecule has 0 unspecified atom stereocenters. The maximum absolute atomic E-state index is 5.80. The summed E-state index contributed by atoms with van der Waals surface area (Å²) in [5.74, 6) is 2.90. The number of hydrogen-bond acceptors (Lipinski definition) is 4. The normalized spacial score (nSPS) is 10.7. The van der Waals surface area contributed by atoms with Crippen LogP contribution in [0.2, 0.25) is 0 Å². The molecule has 0 aliphatic rings. The van der Waals surface area contributed by atoms with Crippen LogP contribution in [0.5, 0.6) is 17.4 Å². The number of methoxy groups -OCH3 is 1. The molecule has 4 nitrogen and oxygen atoms in total. The molecule has 6 heteroatoms. The highest BCUT2D eigenvalue weighted by Crippen LogP contribution is 2.32. The highest BCUT2D eigenvalue weighted by atomic mass is 79.9. The average Bonchev–Trinajstić information content (AvgIpc) is 2.40. The zero-order chi connectivity index (χ0) is 14.7. The third kappa shape index (κ3) is 3.70. The molecule has 106 valence electrons. The molecule has 0 N–H and O–H groups in total. The van der Waals surface area contributed by atoms with Gasteiger partial charge in [0.1, 0.15) is 21.9 Å². The summed E-state index contributed by atoms with van der Waals surface area (Å²) in [6, 6.07) is 7.24. The van der Waals surface area contributed by atoms with Crippen molar-refractivity contribution in [3.8, 4) is 17.4 Å². The Hall–Kier alpha value is -1.14. The Balaban J connectivity index is 2.30. The molecule has 0 atom stereocenters. The van der Waals surface area contributed by atoms with Crippen LogP contribution >= 0.6 is 31.9 Å². The summed E-state index contributed by atoms with van der Waals surface area (Å²) in [6.07, 6.45) is 0. The minimum Gasteiger partial charge on any atom is -0.497 e. The third-order valence-electron chi connectivity index (χ3n) is 2.56. The summed E-state index contributed by atoms with van der Waals surface area (Å²) in [5, 5.41) is 0. The molecular weight excluding hydrogens is 388 g/mol. The highest BCUT2D eigenvalue weighted by molar-refractivity contribution is 9.10. The fourth-order valence-electron chi connectivity index (χ4n) is 1.53. The summed E-state index contributed by atoms with van der Waals surface area (Å²) < 4.78 is 12.5. The Labute approximate surface area is 134 Å². The van der Waals surface area contributed by atoms with E-state index in [0.717, 1.165) is 16.0 Å². The van der Waals surface area contributed by atoms with Crippen molar-refractivity contribution in [2.24, 2.45) is 0 Å². The van der Waals surface area contributed by atoms with Crippen molar-refractivity contribution in [1.82, 2.24) is 9.97 Å². The van der Waals surface area contributed by atoms with Crippen LogP contribution in [-0.2, 0) is 0 Å². The standard InChI is InChI=1S/C14H14Br2N2O2/c1-8(2)14-17-12(16)7-13(18-14)20-11-5-4-9(19-3)6-10(11)15/h4-8H,1-3H3. The van der Waals surface area contributed by atoms with Gasteiger partial charge in [-0.05, 0) is 50.1 Å². The van der Waals surface area contributed by atoms with Crippen molar-refractivity contribution >= 4 is 31.9 Å². The summed E-state index contributed by atoms with van der Waals surface area (Å²) in [6.45, 7) is 4.07. The summed E-state index contributed by atoms with van der Waals surface area (Å²) in [7, 11) is 1.62. The van der Waals surface area contributed by atoms with Crippen LogP contribution in [0.15, 0.2) is 33.3 Å². The summed E-state index contributed by atoms with van der Waals surface area (Å²) in [5.41, 5.74) is 0. The van der Waals surface area contributed by atoms with Gasteiger partial charge in [-0.2, -0.15) is 4.98 Å². The molecule has 0 fully saturated rings. The second-order valence-electron chi connectivity index (χ2n) is 4.44. The van der Waals surface area contributed by atoms with Crippen molar-refractivity contribution < 1.29 is 9.47 Å². The topological polar surface area (TPSA) is 44.2 Å². The van der Waals surface area contributed by atoms with Crippen molar-refractivity contribution in [2.45, 2.75) is 19.8 Å². The molecule has 0 bridgehead atoms. The van der Waals surface area contributed by atoms with E-state index in [1.54, 1.807) is 13.2 Å². The Bertz CT molecular complexity index is 618. The van der Waals surface area contributed by atoms with Gasteiger partial charge >= 0.3 is 0 Å². The van der Waals surface area contributed by atoms with E-state index < -0.39 is 0 Å². The largest absolute Gasteiger partial charge is 0.497 e. The first-order valence-electron chi connectivity index (χ1n) is 6.05. The van der Waals surface area contributed by atoms with E-state index in [1.165, 1.54) is 0 Å². The maximum Gasteiger partial charge on any atom is 0.223 e. The van der Waals surface area contributed by atoms with Gasteiger partial charge in [0.05, 0.1) is 11.6 Å². The number of hydrogen-bond donors (Lipinski definition) is 0. The molecule has 0 saturated carbocycles. The van der Waals surface area contributed by atoms with Gasteiger partial charge < -0.3 is 9.47 Å². The molecule has 0 saturated heterocycles. The van der Waals surface area contributed by atoms with E-state index in [1.807, 2.05) is 32.0 Å². The van der Waals surface area contributed by atoms with E-state index in [4.69, 9.17) is 9.47 Å². The minimum absolute atomic E-state index is 0.231. The first-order valence-corrected chi connectivity index (χ1v) is 7.64. The van der Waals surface area contributed by atoms with Crippen molar-refractivity contribution in [3.05, 3.63) is 39.2 Å². The van der Waals surface area contributed by atoms with Gasteiger partial charge in [-0.25, -0.2) is 4.98 Å². The molecule has 0 amide bonds. The van der Waals surface area contributed by atoms with Gasteiger partial charge in [0.25, 0.3) is 0 Å². The molecule has 0 radical (unpaired) electrons. The zero-order valence-corrected chi connectivity index (χ0v) is 14.5. The van der Waals surface area contributed by atoms with Gasteiger partial charge in [-0.3, -0.25) is 0 Å². The van der Waals surface area contributed by atoms with Crippen LogP contribution in [0, 0.1) is 0 Å². The number of aromatic nitrogens is 2. The second kappa shape index (κ2) is 6.54. The Morgan fingerprint density at radius 1 is 1.10 bits per heavy atom. The number of halogens is 2. The quantitative estimate of drug-likeness (QED) is 0.681. The molecule has 1 heterocycles. The predicted octanol–water partition coefficient (Wildman–Crippen LogP) is 4.93. The Morgan fingerprint density at radius 3 is 2.45 bits per heavy atom. The lowest BCUT2D eigenvalue weighted by molar-refractivity contribution is 0.411. The van der Waals surface area contributed by atoms with Crippen LogP contribution in [-0.4, -0.2) is 17.1 Å². The number of ether oxygens (including phenoxy) is 2. The fourth-order valence-corrected chi connectivity index (χ4v) is 2.34. The van der Waals surface area contributed by atoms with Gasteiger partial charge in [0, 0.05) is 12.0 Å². The van der Waals surface area contributed by atoms with Crippen molar-refractivity contribution in [1.29, 1.82) is 0 Å². The molecule has 2 rings (SSSR count). The molecular formula is C14H14Br2N2O2. The first-order chi connectivity index (χ1) is 9.49. The SMILES string of the molecule is COc1ccc(Oc2cc(Br)nc(C(C)C)n2)c(Br)c1. The lowest BCUT2D eigenvalue weighted by atomic mass is 10.2. The minimum atomic E-state index is 0.231. The van der Waals surface area contributed by atoms with E-state index in [0.29, 0.717) is 16.2 Å². The Morgan fingerprint density at radius 2 is 1.85 bits per heavy atom. The summed E-state index contributed by atoms with van der Waals surface area (Å²) in [4.78, 5) is 8.72. The van der Waals surface area contributed by atoms with Crippen LogP contribution in [0.1, 0.15) is 25.6 Å². The smallest absolute Gasteiger partial charge is 0.223 e. The van der Waals surface area contributed by atoms with Gasteiger partial charge in [-0.15, -0.1) is 0 Å². The lowest BCUT2D eigenvalue weighted by Crippen LogP contribution is -2.00. The van der Waals surface area contributed by atoms with E-state index in [9.17, 15) is 0 Å². The fraction of sp³-hybridized carbons (Fsp3) is 0.286. The van der Waals surface area contributed by atoms with Crippen LogP contribution in [0.4, 0.5) is 0 Å². The van der Waals surface area contributed by atoms with Gasteiger partial charge in [0.15, 0.2) is 0 Å². The number of rotatable bonds is 4. The molecule has 20 heavy (non-hydrogen) atoms. The molecule has 1 aromatic carbocycles. The monoisotopic (exact) mass is 400 g/mol. The lowest BCUT2D eigenvalue weighted by Gasteiger charge is -2.10. The second-order valence-corrected chi connectivity index (χ2v) is 6.11. The highest BCUT2D eigenvalue weighted by Gasteiger charge is 2.10. The summed E-state index contributed by atoms with van der Waals surface area (Å²) >= 11 is 6.82. The van der Waals surface area contributed by atoms with E-state index >= 15 is 0 Å². The van der Waals surface area contributed by atoms with Gasteiger partial charge in [0.2, 0.25) is 5.88 Å². The van der Waals surface area contributed by atoms with E-state index in [-0.39, 0.29) is 5.92 Å². The molecule has 2 aromatic rings. The molecule has 0 aliphatic carbocycles. The molecule has 0 aliphatic heterocycles. The predicted molar refractivity (Wildman–Crippen MR) is 84.6 cm³/mol. The van der Waals surface area contributed by atoms with Crippen LogP contribution < -0.4 is 9.47 Å². The van der Waals surface area contributed by atoms with Crippen LogP contribution in [0.3, 0.4) is 0 Å². The van der Waals surface area contributed by atoms with Crippen LogP contribution in [0.25, 0.3) is 0 Å². The first kappa shape index (κ1) is 15.3. The number of benzene rings is 1. The third-order valence-corrected chi connectivity index (χ3v) is 3.58. The number of nitrogens with zero attached hydrogens (tertiary/aromatic N) is 2. The van der Waals surface area contributed by atoms with Crippen molar-refractivity contribution in [3.63, 3.8) is 0 Å². The van der Waals surface area contributed by atoms with Gasteiger partial charge in [-0.1, -0.05) is 13.8 Å². The molecule has 1 aromatic heterocycles. The van der Waals surface area contributed by atoms with Crippen molar-refractivity contribution in [2.75, 3.05) is 7.11 Å². The zero-order valence-electron chi connectivity index (χ0n) is 11.4.